The molecule has 6 nitrogen and oxygen atoms in total. The van der Waals surface area contributed by atoms with E-state index in [0.717, 1.165) is 19.3 Å². The summed E-state index contributed by atoms with van der Waals surface area (Å²) >= 11 is 0. The molecule has 0 bridgehead atoms. The van der Waals surface area contributed by atoms with Crippen molar-refractivity contribution >= 4 is 40.0 Å². The minimum atomic E-state index is -3.13. The first-order valence-electron chi connectivity index (χ1n) is 5.76. The molecule has 1 saturated heterocycles. The summed E-state index contributed by atoms with van der Waals surface area (Å²) in [5.41, 5.74) is 5.70. The number of rotatable bonds is 3. The molecule has 18 heavy (non-hydrogen) atoms. The number of aliphatic imine (C=N–C) groups is 1. The molecule has 0 aromatic carbocycles. The van der Waals surface area contributed by atoms with E-state index in [1.165, 1.54) is 6.26 Å². The van der Waals surface area contributed by atoms with Gasteiger partial charge < -0.3 is 10.6 Å². The van der Waals surface area contributed by atoms with Crippen LogP contribution in [0.2, 0.25) is 0 Å². The van der Waals surface area contributed by atoms with Gasteiger partial charge in [0, 0.05) is 26.7 Å². The van der Waals surface area contributed by atoms with Gasteiger partial charge in [0.2, 0.25) is 10.0 Å². The topological polar surface area (TPSA) is 79.0 Å². The number of piperidine rings is 1. The van der Waals surface area contributed by atoms with Crippen LogP contribution in [-0.4, -0.2) is 63.1 Å². The Morgan fingerprint density at radius 3 is 2.56 bits per heavy atom. The van der Waals surface area contributed by atoms with Gasteiger partial charge in [-0.05, 0) is 12.8 Å². The molecular weight excluding hydrogens is 367 g/mol. The van der Waals surface area contributed by atoms with Gasteiger partial charge in [-0.1, -0.05) is 6.42 Å². The lowest BCUT2D eigenvalue weighted by Crippen LogP contribution is -2.45. The van der Waals surface area contributed by atoms with E-state index < -0.39 is 10.0 Å². The first kappa shape index (κ1) is 17.9. The zero-order chi connectivity index (χ0) is 13.1. The molecule has 1 aliphatic heterocycles. The lowest BCUT2D eigenvalue weighted by atomic mass is 10.1. The van der Waals surface area contributed by atoms with Gasteiger partial charge in [0.1, 0.15) is 0 Å². The van der Waals surface area contributed by atoms with E-state index in [-0.39, 0.29) is 30.0 Å². The van der Waals surface area contributed by atoms with E-state index >= 15 is 0 Å². The monoisotopic (exact) mass is 390 g/mol. The molecule has 108 valence electrons. The van der Waals surface area contributed by atoms with E-state index in [1.807, 2.05) is 14.1 Å². The maximum Gasteiger partial charge on any atom is 0.211 e. The van der Waals surface area contributed by atoms with Crippen LogP contribution < -0.4 is 5.73 Å². The Bertz CT molecular complexity index is 383. The van der Waals surface area contributed by atoms with Gasteiger partial charge in [-0.25, -0.2) is 8.42 Å². The summed E-state index contributed by atoms with van der Waals surface area (Å²) < 4.78 is 24.8. The van der Waals surface area contributed by atoms with Gasteiger partial charge >= 0.3 is 0 Å². The molecule has 1 atom stereocenters. The van der Waals surface area contributed by atoms with Crippen molar-refractivity contribution in [1.29, 1.82) is 0 Å². The number of halogens is 1. The van der Waals surface area contributed by atoms with Gasteiger partial charge in [0.25, 0.3) is 0 Å². The summed E-state index contributed by atoms with van der Waals surface area (Å²) in [6.45, 7) is 1.04. The molecule has 1 rings (SSSR count). The minimum Gasteiger partial charge on any atom is -0.370 e. The van der Waals surface area contributed by atoms with Crippen LogP contribution in [0.4, 0.5) is 0 Å². The number of hydrogen-bond donors (Lipinski definition) is 1. The lowest BCUT2D eigenvalue weighted by Gasteiger charge is -2.32. The third-order valence-electron chi connectivity index (χ3n) is 2.92. The molecule has 0 radical (unpaired) electrons. The lowest BCUT2D eigenvalue weighted by molar-refractivity contribution is 0.259. The van der Waals surface area contributed by atoms with Crippen LogP contribution in [0.1, 0.15) is 19.3 Å². The minimum absolute atomic E-state index is 0. The van der Waals surface area contributed by atoms with Gasteiger partial charge in [0.05, 0.1) is 12.8 Å². The number of sulfonamides is 1. The fraction of sp³-hybridized carbons (Fsp3) is 0.900. The standard InChI is InChI=1S/C10H22N4O2S.HI/c1-13(2)10(11)12-8-9-6-4-5-7-14(9)17(3,15)16;/h9H,4-8H2,1-3H3,(H2,11,12);1H. The van der Waals surface area contributed by atoms with Crippen molar-refractivity contribution in [2.75, 3.05) is 33.4 Å². The van der Waals surface area contributed by atoms with Crippen LogP contribution in [0.15, 0.2) is 4.99 Å². The fourth-order valence-electron chi connectivity index (χ4n) is 1.93. The Kier molecular flexibility index (Phi) is 7.45. The van der Waals surface area contributed by atoms with Crippen molar-refractivity contribution in [2.24, 2.45) is 10.7 Å². The molecule has 0 aromatic rings. The molecule has 1 heterocycles. The summed E-state index contributed by atoms with van der Waals surface area (Å²) in [5.74, 6) is 0.434. The van der Waals surface area contributed by atoms with Crippen LogP contribution >= 0.6 is 24.0 Å². The second-order valence-electron chi connectivity index (χ2n) is 4.62. The first-order chi connectivity index (χ1) is 7.82. The number of guanidine groups is 1. The third-order valence-corrected chi connectivity index (χ3v) is 4.25. The maximum absolute atomic E-state index is 11.6. The quantitative estimate of drug-likeness (QED) is 0.427. The van der Waals surface area contributed by atoms with Gasteiger partial charge in [-0.2, -0.15) is 4.31 Å². The molecule has 0 spiro atoms. The predicted octanol–water partition coefficient (Wildman–Crippen LogP) is 0.295. The van der Waals surface area contributed by atoms with Crippen molar-refractivity contribution in [3.05, 3.63) is 0 Å². The SMILES string of the molecule is CN(C)C(N)=NCC1CCCCN1S(C)(=O)=O.I. The fourth-order valence-corrected chi connectivity index (χ4v) is 3.11. The van der Waals surface area contributed by atoms with Crippen molar-refractivity contribution < 1.29 is 8.42 Å². The Morgan fingerprint density at radius 1 is 1.44 bits per heavy atom. The normalized spacial score (nSPS) is 22.4. The van der Waals surface area contributed by atoms with E-state index in [0.29, 0.717) is 19.0 Å². The summed E-state index contributed by atoms with van der Waals surface area (Å²) in [4.78, 5) is 5.94. The average molecular weight is 390 g/mol. The van der Waals surface area contributed by atoms with Crippen molar-refractivity contribution in [3.63, 3.8) is 0 Å². The zero-order valence-corrected chi connectivity index (χ0v) is 14.3. The largest absolute Gasteiger partial charge is 0.370 e. The first-order valence-corrected chi connectivity index (χ1v) is 7.61. The van der Waals surface area contributed by atoms with Gasteiger partial charge in [-0.3, -0.25) is 4.99 Å². The van der Waals surface area contributed by atoms with Crippen LogP contribution in [0, 0.1) is 0 Å². The van der Waals surface area contributed by atoms with E-state index in [4.69, 9.17) is 5.73 Å². The number of hydrogen-bond acceptors (Lipinski definition) is 3. The molecule has 0 aromatic heterocycles. The van der Waals surface area contributed by atoms with Crippen molar-refractivity contribution in [3.8, 4) is 0 Å². The Labute approximate surface area is 127 Å². The Hall–Kier alpha value is -0.0900. The summed E-state index contributed by atoms with van der Waals surface area (Å²) in [6.07, 6.45) is 4.09. The Balaban J connectivity index is 0.00000289. The summed E-state index contributed by atoms with van der Waals surface area (Å²) in [5, 5.41) is 0. The van der Waals surface area contributed by atoms with Gasteiger partial charge in [0.15, 0.2) is 5.96 Å². The maximum atomic E-state index is 11.6. The van der Waals surface area contributed by atoms with Gasteiger partial charge in [-0.15, -0.1) is 24.0 Å². The highest BCUT2D eigenvalue weighted by molar-refractivity contribution is 14.0. The highest BCUT2D eigenvalue weighted by Crippen LogP contribution is 2.19. The number of nitrogens with two attached hydrogens (primary N) is 1. The summed E-state index contributed by atoms with van der Waals surface area (Å²) in [6, 6.07) is -0.0442. The highest BCUT2D eigenvalue weighted by Gasteiger charge is 2.28. The second-order valence-corrected chi connectivity index (χ2v) is 6.55. The van der Waals surface area contributed by atoms with E-state index in [2.05, 4.69) is 4.99 Å². The summed E-state index contributed by atoms with van der Waals surface area (Å²) in [7, 11) is 0.494. The molecule has 1 fully saturated rings. The Morgan fingerprint density at radius 2 is 2.06 bits per heavy atom. The van der Waals surface area contributed by atoms with Crippen LogP contribution in [0.25, 0.3) is 0 Å². The highest BCUT2D eigenvalue weighted by atomic mass is 127. The zero-order valence-electron chi connectivity index (χ0n) is 11.2. The predicted molar refractivity (Wildman–Crippen MR) is 84.8 cm³/mol. The second kappa shape index (κ2) is 7.49. The van der Waals surface area contributed by atoms with Crippen LogP contribution in [0.5, 0.6) is 0 Å². The van der Waals surface area contributed by atoms with Crippen molar-refractivity contribution in [1.82, 2.24) is 9.21 Å². The molecule has 1 unspecified atom stereocenters. The molecule has 0 aliphatic carbocycles. The molecular formula is C10H23IN4O2S. The average Bonchev–Trinajstić information content (AvgIpc) is 2.24. The molecule has 2 N–H and O–H groups in total. The molecule has 0 saturated carbocycles. The van der Waals surface area contributed by atoms with E-state index in [9.17, 15) is 8.42 Å². The third kappa shape index (κ3) is 5.27. The number of nitrogens with zero attached hydrogens (tertiary/aromatic N) is 3. The smallest absolute Gasteiger partial charge is 0.211 e. The molecule has 0 amide bonds. The molecule has 1 aliphatic rings. The molecule has 8 heteroatoms. The van der Waals surface area contributed by atoms with Crippen LogP contribution in [-0.2, 0) is 10.0 Å². The van der Waals surface area contributed by atoms with E-state index in [1.54, 1.807) is 9.21 Å². The van der Waals surface area contributed by atoms with Crippen LogP contribution in [0.3, 0.4) is 0 Å². The van der Waals surface area contributed by atoms with Crippen molar-refractivity contribution in [2.45, 2.75) is 25.3 Å².